The summed E-state index contributed by atoms with van der Waals surface area (Å²) >= 11 is 6.20. The fourth-order valence-corrected chi connectivity index (χ4v) is 5.92. The van der Waals surface area contributed by atoms with Gasteiger partial charge in [0.2, 0.25) is 0 Å². The average molecular weight is 303 g/mol. The highest BCUT2D eigenvalue weighted by atomic mass is 35.5. The number of hydrogen-bond donors (Lipinski definition) is 0. The molecule has 21 heavy (non-hydrogen) atoms. The Morgan fingerprint density at radius 1 is 1.00 bits per heavy atom. The molecule has 0 aromatic heterocycles. The van der Waals surface area contributed by atoms with Crippen LogP contribution >= 0.6 is 11.6 Å². The van der Waals surface area contributed by atoms with Crippen LogP contribution in [0.15, 0.2) is 12.1 Å². The van der Waals surface area contributed by atoms with Gasteiger partial charge in [-0.1, -0.05) is 11.6 Å². The normalized spacial score (nSPS) is 37.0. The average Bonchev–Trinajstić information content (AvgIpc) is 2.40. The molecular weight excluding hydrogens is 280 g/mol. The van der Waals surface area contributed by atoms with E-state index in [4.69, 9.17) is 11.6 Å². The Morgan fingerprint density at radius 3 is 2.05 bits per heavy atom. The number of ketones is 1. The predicted molar refractivity (Wildman–Crippen MR) is 85.9 cm³/mol. The van der Waals surface area contributed by atoms with E-state index in [9.17, 15) is 4.79 Å². The van der Waals surface area contributed by atoms with Crippen LogP contribution in [0.25, 0.3) is 0 Å². The van der Waals surface area contributed by atoms with Crippen LogP contribution in [-0.4, -0.2) is 5.78 Å². The van der Waals surface area contributed by atoms with Crippen molar-refractivity contribution >= 4 is 17.4 Å². The highest BCUT2D eigenvalue weighted by Crippen LogP contribution is 2.61. The molecule has 2 heteroatoms. The van der Waals surface area contributed by atoms with E-state index in [-0.39, 0.29) is 5.41 Å². The van der Waals surface area contributed by atoms with E-state index in [0.717, 1.165) is 58.7 Å². The minimum Gasteiger partial charge on any atom is -0.294 e. The van der Waals surface area contributed by atoms with Crippen LogP contribution in [0.5, 0.6) is 0 Å². The first kappa shape index (κ1) is 13.8. The Hall–Kier alpha value is -0.820. The van der Waals surface area contributed by atoms with Crippen molar-refractivity contribution in [2.24, 2.45) is 23.2 Å². The van der Waals surface area contributed by atoms with Crippen LogP contribution in [0.2, 0.25) is 5.02 Å². The third kappa shape index (κ3) is 2.08. The second-order valence-corrected chi connectivity index (χ2v) is 8.35. The molecule has 4 aliphatic rings. The first-order chi connectivity index (χ1) is 9.97. The lowest BCUT2D eigenvalue weighted by atomic mass is 9.48. The largest absolute Gasteiger partial charge is 0.294 e. The number of carbonyl (C=O) groups is 1. The molecule has 4 bridgehead atoms. The van der Waals surface area contributed by atoms with Gasteiger partial charge >= 0.3 is 0 Å². The summed E-state index contributed by atoms with van der Waals surface area (Å²) in [6, 6.07) is 3.99. The lowest BCUT2D eigenvalue weighted by molar-refractivity contribution is -0.0353. The Labute approximate surface area is 132 Å². The molecule has 112 valence electrons. The van der Waals surface area contributed by atoms with E-state index in [0.29, 0.717) is 5.78 Å². The molecule has 0 saturated heterocycles. The number of hydrogen-bond acceptors (Lipinski definition) is 1. The van der Waals surface area contributed by atoms with E-state index in [1.807, 2.05) is 26.0 Å². The van der Waals surface area contributed by atoms with Crippen LogP contribution in [0.1, 0.15) is 60.0 Å². The fourth-order valence-electron chi connectivity index (χ4n) is 5.70. The summed E-state index contributed by atoms with van der Waals surface area (Å²) in [6.07, 6.45) is 7.55. The number of carbonyl (C=O) groups excluding carboxylic acids is 1. The van der Waals surface area contributed by atoms with Crippen molar-refractivity contribution in [2.75, 3.05) is 0 Å². The maximum Gasteiger partial charge on any atom is 0.169 e. The van der Waals surface area contributed by atoms with Crippen molar-refractivity contribution < 1.29 is 4.79 Å². The van der Waals surface area contributed by atoms with Gasteiger partial charge in [0.1, 0.15) is 0 Å². The first-order valence-corrected chi connectivity index (χ1v) is 8.66. The van der Waals surface area contributed by atoms with Crippen LogP contribution in [0.3, 0.4) is 0 Å². The van der Waals surface area contributed by atoms with E-state index >= 15 is 0 Å². The number of rotatable bonds is 2. The van der Waals surface area contributed by atoms with Crippen molar-refractivity contribution in [1.82, 2.24) is 0 Å². The van der Waals surface area contributed by atoms with Crippen LogP contribution in [0.4, 0.5) is 0 Å². The van der Waals surface area contributed by atoms with E-state index in [2.05, 4.69) is 0 Å². The molecule has 1 nitrogen and oxygen atoms in total. The van der Waals surface area contributed by atoms with Gasteiger partial charge in [0.15, 0.2) is 5.78 Å². The van der Waals surface area contributed by atoms with Gasteiger partial charge in [0.05, 0.1) is 0 Å². The van der Waals surface area contributed by atoms with Gasteiger partial charge < -0.3 is 0 Å². The van der Waals surface area contributed by atoms with Gasteiger partial charge in [-0.25, -0.2) is 0 Å². The summed E-state index contributed by atoms with van der Waals surface area (Å²) in [4.78, 5) is 13.3. The lowest BCUT2D eigenvalue weighted by Crippen LogP contribution is -2.50. The Kier molecular flexibility index (Phi) is 3.02. The van der Waals surface area contributed by atoms with Crippen molar-refractivity contribution in [3.05, 3.63) is 33.8 Å². The fraction of sp³-hybridized carbons (Fsp3) is 0.632. The quantitative estimate of drug-likeness (QED) is 0.672. The SMILES string of the molecule is Cc1cc(C(=O)C23CC4CC(CC(C4)C2)C3)c(C)cc1Cl. The Bertz CT molecular complexity index is 581. The van der Waals surface area contributed by atoms with Gasteiger partial charge in [-0.2, -0.15) is 0 Å². The summed E-state index contributed by atoms with van der Waals surface area (Å²) in [5.74, 6) is 2.86. The summed E-state index contributed by atoms with van der Waals surface area (Å²) in [5.41, 5.74) is 2.96. The molecule has 0 radical (unpaired) electrons. The molecule has 0 aliphatic heterocycles. The molecule has 5 rings (SSSR count). The second-order valence-electron chi connectivity index (χ2n) is 7.94. The van der Waals surface area contributed by atoms with Crippen LogP contribution in [-0.2, 0) is 0 Å². The minimum absolute atomic E-state index is 0.0419. The molecule has 1 aromatic carbocycles. The predicted octanol–water partition coefficient (Wildman–Crippen LogP) is 5.36. The Morgan fingerprint density at radius 2 is 1.52 bits per heavy atom. The molecule has 0 atom stereocenters. The van der Waals surface area contributed by atoms with Gasteiger partial charge in [-0.3, -0.25) is 4.79 Å². The van der Waals surface area contributed by atoms with E-state index in [1.54, 1.807) is 0 Å². The van der Waals surface area contributed by atoms with Gasteiger partial charge in [0, 0.05) is 16.0 Å². The summed E-state index contributed by atoms with van der Waals surface area (Å²) in [7, 11) is 0. The zero-order valence-corrected chi connectivity index (χ0v) is 13.7. The van der Waals surface area contributed by atoms with Crippen molar-refractivity contribution in [3.8, 4) is 0 Å². The molecular formula is C19H23ClO. The third-order valence-corrected chi connectivity index (χ3v) is 6.68. The molecule has 0 unspecified atom stereocenters. The topological polar surface area (TPSA) is 17.1 Å². The van der Waals surface area contributed by atoms with Crippen LogP contribution < -0.4 is 0 Å². The third-order valence-electron chi connectivity index (χ3n) is 6.27. The molecule has 4 saturated carbocycles. The highest BCUT2D eigenvalue weighted by Gasteiger charge is 2.54. The number of halogens is 1. The van der Waals surface area contributed by atoms with Gasteiger partial charge in [0.25, 0.3) is 0 Å². The second kappa shape index (κ2) is 4.59. The van der Waals surface area contributed by atoms with E-state index in [1.165, 1.54) is 19.3 Å². The van der Waals surface area contributed by atoms with Crippen LogP contribution in [0, 0.1) is 37.0 Å². The molecule has 4 fully saturated rings. The zero-order valence-electron chi connectivity index (χ0n) is 12.9. The summed E-state index contributed by atoms with van der Waals surface area (Å²) in [5, 5.41) is 0.773. The van der Waals surface area contributed by atoms with Crippen molar-refractivity contribution in [2.45, 2.75) is 52.4 Å². The monoisotopic (exact) mass is 302 g/mol. The smallest absolute Gasteiger partial charge is 0.169 e. The van der Waals surface area contributed by atoms with Crippen molar-refractivity contribution in [3.63, 3.8) is 0 Å². The maximum absolute atomic E-state index is 13.3. The van der Waals surface area contributed by atoms with Gasteiger partial charge in [-0.05, 0) is 93.4 Å². The zero-order chi connectivity index (χ0) is 14.8. The first-order valence-electron chi connectivity index (χ1n) is 8.28. The molecule has 0 spiro atoms. The summed E-state index contributed by atoms with van der Waals surface area (Å²) < 4.78 is 0. The number of benzene rings is 1. The summed E-state index contributed by atoms with van der Waals surface area (Å²) in [6.45, 7) is 4.03. The molecule has 0 heterocycles. The molecule has 4 aliphatic carbocycles. The Balaban J connectivity index is 1.73. The molecule has 0 N–H and O–H groups in total. The number of Topliss-reactive ketones (excluding diaryl/α,β-unsaturated/α-hetero) is 1. The van der Waals surface area contributed by atoms with Crippen molar-refractivity contribution in [1.29, 1.82) is 0 Å². The standard InChI is InChI=1S/C19H23ClO/c1-11-4-17(20)12(2)3-16(11)18(21)19-8-13-5-14(9-19)7-15(6-13)10-19/h3-4,13-15H,5-10H2,1-2H3. The number of aryl methyl sites for hydroxylation is 2. The van der Waals surface area contributed by atoms with Gasteiger partial charge in [-0.15, -0.1) is 0 Å². The molecule has 1 aromatic rings. The highest BCUT2D eigenvalue weighted by molar-refractivity contribution is 6.31. The lowest BCUT2D eigenvalue weighted by Gasteiger charge is -2.56. The van der Waals surface area contributed by atoms with E-state index < -0.39 is 0 Å². The minimum atomic E-state index is -0.0419. The maximum atomic E-state index is 13.3. The molecule has 0 amide bonds.